The highest BCUT2D eigenvalue weighted by atomic mass is 31.2. The second-order valence-electron chi connectivity index (χ2n) is 17.7. The maximum absolute atomic E-state index is 13.1. The van der Waals surface area contributed by atoms with Crippen LogP contribution in [0, 0.1) is 0 Å². The molecule has 77 heavy (non-hydrogen) atoms. The molecular weight excluding hydrogens is 1030 g/mol. The largest absolute Gasteiger partial charge is 0.496 e. The molecule has 28 heteroatoms. The van der Waals surface area contributed by atoms with Crippen molar-refractivity contribution >= 4 is 65.9 Å². The Bertz CT molecular complexity index is 2730. The van der Waals surface area contributed by atoms with Gasteiger partial charge in [0.25, 0.3) is 11.8 Å². The van der Waals surface area contributed by atoms with Crippen LogP contribution in [0.15, 0.2) is 60.8 Å². The molecule has 4 aromatic rings. The number of anilines is 3. The SMILES string of the molecule is CCCCCNc1nc(N)nc2ccn(Cc3ccc(CNCCNCCOP(=O)(O)OCc4ccc(O[C@@H]5O[C@H](C(=O)O)[C@@H](O)[C@H](O)[C@H]5O)c(NC(=O)CCNC(=O)CCOCCN5C(=O)C=CC5=O)c4)cc3OC)c12. The predicted molar refractivity (Wildman–Crippen MR) is 276 cm³/mol. The number of nitrogens with two attached hydrogens (primary N) is 1. The van der Waals surface area contributed by atoms with Gasteiger partial charge in [0.15, 0.2) is 11.9 Å². The number of imide groups is 1. The van der Waals surface area contributed by atoms with Crippen molar-refractivity contribution in [1.82, 2.24) is 35.4 Å². The van der Waals surface area contributed by atoms with Gasteiger partial charge in [0, 0.05) is 76.0 Å². The molecule has 2 aromatic carbocycles. The maximum Gasteiger partial charge on any atom is 0.472 e. The summed E-state index contributed by atoms with van der Waals surface area (Å²) in [6.45, 7) is 4.38. The van der Waals surface area contributed by atoms with Gasteiger partial charge in [-0.25, -0.2) is 14.3 Å². The van der Waals surface area contributed by atoms with Crippen molar-refractivity contribution in [3.05, 3.63) is 77.5 Å². The van der Waals surface area contributed by atoms with E-state index >= 15 is 0 Å². The van der Waals surface area contributed by atoms with Crippen molar-refractivity contribution in [2.75, 3.05) is 82.6 Å². The average molecular weight is 1100 g/mol. The lowest BCUT2D eigenvalue weighted by atomic mass is 9.99. The lowest BCUT2D eigenvalue weighted by molar-refractivity contribution is -0.271. The number of nitrogens with one attached hydrogen (secondary N) is 5. The van der Waals surface area contributed by atoms with Gasteiger partial charge in [-0.3, -0.25) is 33.1 Å². The number of aliphatic hydroxyl groups is 3. The highest BCUT2D eigenvalue weighted by Crippen LogP contribution is 2.44. The van der Waals surface area contributed by atoms with Gasteiger partial charge in [-0.05, 0) is 41.8 Å². The number of hydrogen-bond donors (Lipinski definition) is 11. The van der Waals surface area contributed by atoms with E-state index in [1.54, 1.807) is 7.11 Å². The summed E-state index contributed by atoms with van der Waals surface area (Å²) in [7, 11) is -3.00. The number of carboxylic acids is 1. The number of rotatable bonds is 33. The second-order valence-corrected chi connectivity index (χ2v) is 19.2. The summed E-state index contributed by atoms with van der Waals surface area (Å²) in [5, 5.41) is 55.5. The van der Waals surface area contributed by atoms with E-state index in [2.05, 4.69) is 48.0 Å². The van der Waals surface area contributed by atoms with Crippen LogP contribution in [0.4, 0.5) is 17.5 Å². The fraction of sp³-hybridized carbons (Fsp3) is 0.490. The Morgan fingerprint density at radius 1 is 0.831 bits per heavy atom. The first-order valence-corrected chi connectivity index (χ1v) is 26.4. The summed E-state index contributed by atoms with van der Waals surface area (Å²) in [6.07, 6.45) is -2.67. The number of methoxy groups -OCH3 is 1. The highest BCUT2D eigenvalue weighted by Gasteiger charge is 2.48. The highest BCUT2D eigenvalue weighted by molar-refractivity contribution is 7.47. The first-order valence-electron chi connectivity index (χ1n) is 24.9. The molecule has 12 N–H and O–H groups in total. The minimum Gasteiger partial charge on any atom is -0.496 e. The number of ether oxygens (including phenoxy) is 4. The van der Waals surface area contributed by atoms with Crippen molar-refractivity contribution in [1.29, 1.82) is 0 Å². The summed E-state index contributed by atoms with van der Waals surface area (Å²) in [5.41, 5.74) is 9.66. The van der Waals surface area contributed by atoms with Crippen molar-refractivity contribution in [3.8, 4) is 11.5 Å². The van der Waals surface area contributed by atoms with Gasteiger partial charge in [-0.15, -0.1) is 0 Å². The Hall–Kier alpha value is -6.62. The van der Waals surface area contributed by atoms with E-state index in [-0.39, 0.29) is 75.2 Å². The number of phosphoric ester groups is 1. The van der Waals surface area contributed by atoms with Crippen LogP contribution in [0.3, 0.4) is 0 Å². The number of aliphatic carboxylic acids is 1. The van der Waals surface area contributed by atoms with Crippen LogP contribution in [0.5, 0.6) is 11.5 Å². The monoisotopic (exact) mass is 1100 g/mol. The summed E-state index contributed by atoms with van der Waals surface area (Å²) in [4.78, 5) is 80.8. The number of nitrogens with zero attached hydrogens (tertiary/aromatic N) is 4. The third kappa shape index (κ3) is 17.7. The number of nitrogen functional groups attached to an aromatic ring is 1. The van der Waals surface area contributed by atoms with E-state index in [0.717, 1.165) is 70.8 Å². The van der Waals surface area contributed by atoms with Gasteiger partial charge in [0.1, 0.15) is 35.3 Å². The fourth-order valence-corrected chi connectivity index (χ4v) is 8.68. The first-order chi connectivity index (χ1) is 37.0. The lowest BCUT2D eigenvalue weighted by Gasteiger charge is -2.38. The number of unbranched alkanes of at least 4 members (excludes halogenated alkanes) is 2. The molecule has 420 valence electrons. The van der Waals surface area contributed by atoms with Crippen LogP contribution in [0.2, 0.25) is 0 Å². The van der Waals surface area contributed by atoms with Crippen molar-refractivity contribution in [2.45, 2.75) is 89.4 Å². The average Bonchev–Trinajstić information content (AvgIpc) is 3.96. The summed E-state index contributed by atoms with van der Waals surface area (Å²) < 4.78 is 47.3. The molecule has 4 amide bonds. The van der Waals surface area contributed by atoms with E-state index in [9.17, 15) is 53.9 Å². The molecular formula is C49H67N10O17P. The number of phosphoric acid groups is 1. The van der Waals surface area contributed by atoms with E-state index in [0.29, 0.717) is 32.0 Å². The molecule has 1 saturated heterocycles. The Morgan fingerprint density at radius 3 is 2.35 bits per heavy atom. The van der Waals surface area contributed by atoms with Crippen molar-refractivity contribution < 1.29 is 81.9 Å². The third-order valence-electron chi connectivity index (χ3n) is 12.0. The van der Waals surface area contributed by atoms with Crippen LogP contribution in [-0.4, -0.2) is 171 Å². The molecule has 0 bridgehead atoms. The second kappa shape index (κ2) is 29.2. The Morgan fingerprint density at radius 2 is 1.60 bits per heavy atom. The zero-order valence-electron chi connectivity index (χ0n) is 42.6. The zero-order chi connectivity index (χ0) is 55.5. The van der Waals surface area contributed by atoms with Gasteiger partial charge in [-0.2, -0.15) is 4.98 Å². The molecule has 1 fully saturated rings. The number of fused-ring (bicyclic) bond motifs is 1. The Kier molecular flexibility index (Phi) is 22.6. The third-order valence-corrected chi connectivity index (χ3v) is 13.0. The molecule has 0 spiro atoms. The quantitative estimate of drug-likeness (QED) is 0.0178. The number of aliphatic hydroxyl groups excluding tert-OH is 3. The molecule has 2 aliphatic heterocycles. The molecule has 2 aliphatic rings. The van der Waals surface area contributed by atoms with E-state index < -0.39 is 74.7 Å². The number of hydrogen-bond acceptors (Lipinski definition) is 21. The molecule has 1 unspecified atom stereocenters. The summed E-state index contributed by atoms with van der Waals surface area (Å²) in [5.74, 6) is -2.30. The van der Waals surface area contributed by atoms with Crippen LogP contribution in [0.25, 0.3) is 11.0 Å². The van der Waals surface area contributed by atoms with Gasteiger partial charge < -0.3 is 81.2 Å². The zero-order valence-corrected chi connectivity index (χ0v) is 43.5. The van der Waals surface area contributed by atoms with Crippen LogP contribution in [0.1, 0.15) is 55.7 Å². The van der Waals surface area contributed by atoms with Gasteiger partial charge >= 0.3 is 13.8 Å². The molecule has 6 rings (SSSR count). The lowest BCUT2D eigenvalue weighted by Crippen LogP contribution is -2.61. The summed E-state index contributed by atoms with van der Waals surface area (Å²) in [6, 6.07) is 11.8. The molecule has 0 saturated carbocycles. The van der Waals surface area contributed by atoms with E-state index in [1.165, 1.54) is 18.2 Å². The van der Waals surface area contributed by atoms with Gasteiger partial charge in [0.2, 0.25) is 24.1 Å². The molecule has 4 heterocycles. The number of aromatic nitrogens is 3. The van der Waals surface area contributed by atoms with E-state index in [4.69, 9.17) is 33.7 Å². The fourth-order valence-electron chi connectivity index (χ4n) is 7.97. The first kappa shape index (κ1) is 59.6. The number of carbonyl (C=O) groups is 5. The molecule has 27 nitrogen and oxygen atoms in total. The topological polar surface area (TPSA) is 379 Å². The van der Waals surface area contributed by atoms with Gasteiger partial charge in [0.05, 0.1) is 57.8 Å². The minimum atomic E-state index is -4.62. The van der Waals surface area contributed by atoms with Crippen LogP contribution < -0.4 is 41.8 Å². The smallest absolute Gasteiger partial charge is 0.472 e. The number of benzene rings is 2. The standard InChI is InChI=1S/C49H67N10O17P/c1-3-4-5-15-54-46-41-33(56-49(50)57-46)13-20-58(41)28-32-8-6-30(26-36(32)71-2)27-52-18-17-51-19-23-73-77(69,70)74-29-31-7-9-35(75-48-44(66)42(64)43(65)45(76-48)47(67)68)34(25-31)55-38(61)12-16-53-37(60)14-22-72-24-21-59-39(62)10-11-40(59)63/h6-11,13,20,25-26,42-45,48,51-52,64-66H,3-5,12,14-19,21-24,27-29H2,1-2H3,(H,53,60)(H,55,61)(H,67,68)(H,69,70)(H3,50,54,56,57)/t42-,43-,44+,45-,48+/m0/s1. The van der Waals surface area contributed by atoms with Crippen molar-refractivity contribution in [2.24, 2.45) is 0 Å². The minimum absolute atomic E-state index is 0.0147. The van der Waals surface area contributed by atoms with Gasteiger partial charge in [-0.1, -0.05) is 38.0 Å². The number of carbonyl (C=O) groups excluding carboxylic acids is 4. The Labute approximate surface area is 443 Å². The van der Waals surface area contributed by atoms with Crippen LogP contribution >= 0.6 is 7.82 Å². The maximum atomic E-state index is 13.1. The summed E-state index contributed by atoms with van der Waals surface area (Å²) >= 11 is 0. The van der Waals surface area contributed by atoms with Crippen molar-refractivity contribution in [3.63, 3.8) is 0 Å². The molecule has 2 aromatic heterocycles. The number of amides is 4. The molecule has 6 atom stereocenters. The normalized spacial score (nSPS) is 19.1. The molecule has 0 aliphatic carbocycles. The Balaban J connectivity index is 0.936. The molecule has 0 radical (unpaired) electrons. The number of carboxylic acid groups (broad SMARTS) is 1. The predicted octanol–water partition coefficient (Wildman–Crippen LogP) is 0.733. The van der Waals surface area contributed by atoms with Crippen LogP contribution in [-0.2, 0) is 66.8 Å². The van der Waals surface area contributed by atoms with E-state index in [1.807, 2.05) is 30.5 Å².